The molecule has 2 N–H and O–H groups in total. The van der Waals surface area contributed by atoms with Crippen molar-refractivity contribution in [2.24, 2.45) is 0 Å². The van der Waals surface area contributed by atoms with Crippen molar-refractivity contribution in [2.45, 2.75) is 19.0 Å². The van der Waals surface area contributed by atoms with Gasteiger partial charge < -0.3 is 10.4 Å². The molecule has 0 amide bonds. The smallest absolute Gasteiger partial charge is 0.155 e. The van der Waals surface area contributed by atoms with Gasteiger partial charge in [-0.25, -0.2) is 4.98 Å². The molecule has 3 aromatic rings. The first-order valence-electron chi connectivity index (χ1n) is 7.03. The van der Waals surface area contributed by atoms with Crippen LogP contribution in [0.15, 0.2) is 55.1 Å². The van der Waals surface area contributed by atoms with Crippen LogP contribution in [0.1, 0.15) is 23.7 Å². The number of aliphatic hydroxyl groups is 1. The minimum Gasteiger partial charge on any atom is -0.396 e. The van der Waals surface area contributed by atoms with Gasteiger partial charge in [0.2, 0.25) is 0 Å². The van der Waals surface area contributed by atoms with Gasteiger partial charge in [-0.1, -0.05) is 30.3 Å². The fourth-order valence-corrected chi connectivity index (χ4v) is 2.45. The maximum atomic E-state index is 9.26. The van der Waals surface area contributed by atoms with Crippen LogP contribution in [0, 0.1) is 0 Å². The van der Waals surface area contributed by atoms with Gasteiger partial charge in [-0.3, -0.25) is 9.38 Å². The first-order valence-corrected chi connectivity index (χ1v) is 7.03. The van der Waals surface area contributed by atoms with Crippen LogP contribution in [0.5, 0.6) is 0 Å². The van der Waals surface area contributed by atoms with Crippen LogP contribution in [-0.2, 0) is 6.54 Å². The van der Waals surface area contributed by atoms with E-state index >= 15 is 0 Å². The quantitative estimate of drug-likeness (QED) is 0.725. The van der Waals surface area contributed by atoms with E-state index in [0.717, 1.165) is 11.3 Å². The zero-order valence-electron chi connectivity index (χ0n) is 11.7. The molecule has 2 aromatic heterocycles. The van der Waals surface area contributed by atoms with Gasteiger partial charge in [-0.15, -0.1) is 0 Å². The first kappa shape index (κ1) is 13.7. The second-order valence-electron chi connectivity index (χ2n) is 4.91. The Kier molecular flexibility index (Phi) is 4.23. The van der Waals surface area contributed by atoms with Crippen LogP contribution in [0.2, 0.25) is 0 Å². The lowest BCUT2D eigenvalue weighted by Gasteiger charge is -2.18. The number of nitrogens with zero attached hydrogens (tertiary/aromatic N) is 3. The maximum Gasteiger partial charge on any atom is 0.155 e. The fraction of sp³-hybridized carbons (Fsp3) is 0.250. The normalized spacial score (nSPS) is 12.6. The molecule has 0 radical (unpaired) electrons. The zero-order valence-corrected chi connectivity index (χ0v) is 11.7. The highest BCUT2D eigenvalue weighted by molar-refractivity contribution is 5.36. The molecular formula is C16H18N4O. The molecule has 21 heavy (non-hydrogen) atoms. The molecule has 0 spiro atoms. The van der Waals surface area contributed by atoms with Crippen LogP contribution in [-0.4, -0.2) is 26.1 Å². The lowest BCUT2D eigenvalue weighted by molar-refractivity contribution is 0.265. The monoisotopic (exact) mass is 282 g/mol. The van der Waals surface area contributed by atoms with E-state index < -0.39 is 0 Å². The van der Waals surface area contributed by atoms with E-state index in [1.54, 1.807) is 12.4 Å². The molecule has 5 heteroatoms. The lowest BCUT2D eigenvalue weighted by Crippen LogP contribution is -2.22. The summed E-state index contributed by atoms with van der Waals surface area (Å²) in [7, 11) is 0. The first-order chi connectivity index (χ1) is 10.4. The number of benzene rings is 1. The summed E-state index contributed by atoms with van der Waals surface area (Å²) < 4.78 is 2.01. The summed E-state index contributed by atoms with van der Waals surface area (Å²) in [6.45, 7) is 0.842. The molecule has 0 aliphatic heterocycles. The van der Waals surface area contributed by atoms with Crippen molar-refractivity contribution in [2.75, 3.05) is 6.61 Å². The average Bonchev–Trinajstić information content (AvgIpc) is 2.95. The number of hydrogen-bond acceptors (Lipinski definition) is 4. The van der Waals surface area contributed by atoms with Crippen molar-refractivity contribution >= 4 is 5.65 Å². The molecule has 1 atom stereocenters. The summed E-state index contributed by atoms with van der Waals surface area (Å²) in [6.07, 6.45) is 7.93. The van der Waals surface area contributed by atoms with Gasteiger partial charge in [-0.2, -0.15) is 0 Å². The Morgan fingerprint density at radius 3 is 2.86 bits per heavy atom. The van der Waals surface area contributed by atoms with Gasteiger partial charge in [0.05, 0.1) is 18.1 Å². The van der Waals surface area contributed by atoms with E-state index in [2.05, 4.69) is 27.4 Å². The van der Waals surface area contributed by atoms with Gasteiger partial charge in [0, 0.05) is 31.6 Å². The highest BCUT2D eigenvalue weighted by Gasteiger charge is 2.11. The Balaban J connectivity index is 1.75. The average molecular weight is 282 g/mol. The largest absolute Gasteiger partial charge is 0.396 e. The molecule has 0 saturated carbocycles. The zero-order chi connectivity index (χ0) is 14.5. The van der Waals surface area contributed by atoms with Gasteiger partial charge in [0.1, 0.15) is 0 Å². The minimum atomic E-state index is 0.128. The van der Waals surface area contributed by atoms with Gasteiger partial charge in [0.15, 0.2) is 5.65 Å². The maximum absolute atomic E-state index is 9.26. The highest BCUT2D eigenvalue weighted by Crippen LogP contribution is 2.17. The number of aliphatic hydroxyl groups excluding tert-OH is 1. The van der Waals surface area contributed by atoms with Crippen LogP contribution < -0.4 is 5.32 Å². The fourth-order valence-electron chi connectivity index (χ4n) is 2.45. The van der Waals surface area contributed by atoms with E-state index in [1.807, 2.05) is 35.0 Å². The molecule has 5 nitrogen and oxygen atoms in total. The van der Waals surface area contributed by atoms with Crippen molar-refractivity contribution in [1.29, 1.82) is 0 Å². The Bertz CT molecular complexity index is 696. The van der Waals surface area contributed by atoms with Crippen LogP contribution >= 0.6 is 0 Å². The molecule has 1 aromatic carbocycles. The van der Waals surface area contributed by atoms with Gasteiger partial charge in [0.25, 0.3) is 0 Å². The van der Waals surface area contributed by atoms with Gasteiger partial charge >= 0.3 is 0 Å². The Morgan fingerprint density at radius 2 is 2.05 bits per heavy atom. The summed E-state index contributed by atoms with van der Waals surface area (Å²) >= 11 is 0. The summed E-state index contributed by atoms with van der Waals surface area (Å²) in [6, 6.07) is 10.3. The molecule has 2 heterocycles. The molecular weight excluding hydrogens is 264 g/mol. The van der Waals surface area contributed by atoms with Crippen molar-refractivity contribution in [3.05, 3.63) is 66.4 Å². The van der Waals surface area contributed by atoms with E-state index in [9.17, 15) is 5.11 Å². The molecule has 0 aliphatic rings. The predicted molar refractivity (Wildman–Crippen MR) is 80.7 cm³/mol. The van der Waals surface area contributed by atoms with Crippen LogP contribution in [0.25, 0.3) is 5.65 Å². The summed E-state index contributed by atoms with van der Waals surface area (Å²) in [5.74, 6) is 0. The predicted octanol–water partition coefficient (Wildman–Crippen LogP) is 1.94. The third-order valence-corrected chi connectivity index (χ3v) is 3.54. The standard InChI is InChI=1S/C16H18N4O/c21-9-6-15(13-4-2-1-3-5-13)18-10-14-11-19-16-12-17-7-8-20(14)16/h1-5,7-8,11-12,15,18,21H,6,9-10H2/t15-/m1/s1. The van der Waals surface area contributed by atoms with Crippen molar-refractivity contribution in [3.63, 3.8) is 0 Å². The van der Waals surface area contributed by atoms with Crippen molar-refractivity contribution in [3.8, 4) is 0 Å². The molecule has 0 aliphatic carbocycles. The number of fused-ring (bicyclic) bond motifs is 1. The number of rotatable bonds is 6. The highest BCUT2D eigenvalue weighted by atomic mass is 16.3. The number of aromatic nitrogens is 3. The topological polar surface area (TPSA) is 62.5 Å². The summed E-state index contributed by atoms with van der Waals surface area (Å²) in [4.78, 5) is 8.39. The van der Waals surface area contributed by atoms with Crippen LogP contribution in [0.3, 0.4) is 0 Å². The Labute approximate surface area is 123 Å². The van der Waals surface area contributed by atoms with Gasteiger partial charge in [-0.05, 0) is 12.0 Å². The third-order valence-electron chi connectivity index (χ3n) is 3.54. The number of nitrogens with one attached hydrogen (secondary N) is 1. The molecule has 0 saturated heterocycles. The third kappa shape index (κ3) is 3.09. The summed E-state index contributed by atoms with van der Waals surface area (Å²) in [5.41, 5.74) is 3.10. The molecule has 108 valence electrons. The molecule has 0 unspecified atom stereocenters. The lowest BCUT2D eigenvalue weighted by atomic mass is 10.0. The summed E-state index contributed by atoms with van der Waals surface area (Å²) in [5, 5.41) is 12.8. The molecule has 3 rings (SSSR count). The molecule has 0 bridgehead atoms. The Hall–Kier alpha value is -2.24. The number of hydrogen-bond donors (Lipinski definition) is 2. The van der Waals surface area contributed by atoms with E-state index in [-0.39, 0.29) is 12.6 Å². The van der Waals surface area contributed by atoms with E-state index in [4.69, 9.17) is 0 Å². The SMILES string of the molecule is OCC[C@@H](NCc1cnc2cnccn12)c1ccccc1. The second-order valence-corrected chi connectivity index (χ2v) is 4.91. The van der Waals surface area contributed by atoms with E-state index in [1.165, 1.54) is 5.56 Å². The minimum absolute atomic E-state index is 0.128. The second kappa shape index (κ2) is 6.47. The van der Waals surface area contributed by atoms with Crippen molar-refractivity contribution < 1.29 is 5.11 Å². The van der Waals surface area contributed by atoms with E-state index in [0.29, 0.717) is 13.0 Å². The Morgan fingerprint density at radius 1 is 1.19 bits per heavy atom. The number of imidazole rings is 1. The molecule has 0 fully saturated rings. The van der Waals surface area contributed by atoms with Crippen molar-refractivity contribution in [1.82, 2.24) is 19.7 Å². The van der Waals surface area contributed by atoms with Crippen LogP contribution in [0.4, 0.5) is 0 Å².